The van der Waals surface area contributed by atoms with E-state index in [1.807, 2.05) is 17.0 Å². The number of phenolic OH excluding ortho intramolecular Hbond substituents is 1. The second kappa shape index (κ2) is 6.63. The van der Waals surface area contributed by atoms with Crippen molar-refractivity contribution in [3.8, 4) is 5.75 Å². The summed E-state index contributed by atoms with van der Waals surface area (Å²) in [7, 11) is 0. The molecule has 3 rings (SSSR count). The van der Waals surface area contributed by atoms with Crippen molar-refractivity contribution in [2.45, 2.75) is 26.7 Å². The average molecular weight is 327 g/mol. The van der Waals surface area contributed by atoms with Gasteiger partial charge in [0.1, 0.15) is 11.6 Å². The van der Waals surface area contributed by atoms with Crippen molar-refractivity contribution in [1.82, 2.24) is 4.90 Å². The summed E-state index contributed by atoms with van der Waals surface area (Å²) in [6.07, 6.45) is 1.82. The molecule has 0 aliphatic carbocycles. The summed E-state index contributed by atoms with van der Waals surface area (Å²) < 4.78 is 13.4. The number of phenols is 1. The molecule has 1 fully saturated rings. The van der Waals surface area contributed by atoms with Crippen LogP contribution in [0.15, 0.2) is 36.4 Å². The fourth-order valence-electron chi connectivity index (χ4n) is 3.32. The molecular formula is C20H22FNO2. The monoisotopic (exact) mass is 327 g/mol. The maximum atomic E-state index is 13.4. The van der Waals surface area contributed by atoms with E-state index < -0.39 is 0 Å². The van der Waals surface area contributed by atoms with Crippen LogP contribution in [0.5, 0.6) is 5.75 Å². The van der Waals surface area contributed by atoms with Gasteiger partial charge >= 0.3 is 0 Å². The summed E-state index contributed by atoms with van der Waals surface area (Å²) in [6, 6.07) is 10.2. The Morgan fingerprint density at radius 2 is 2.00 bits per heavy atom. The Morgan fingerprint density at radius 1 is 1.21 bits per heavy atom. The van der Waals surface area contributed by atoms with Gasteiger partial charge in [-0.25, -0.2) is 4.39 Å². The predicted molar refractivity (Wildman–Crippen MR) is 91.7 cm³/mol. The van der Waals surface area contributed by atoms with E-state index in [4.69, 9.17) is 0 Å². The average Bonchev–Trinajstić information content (AvgIpc) is 3.01. The first-order chi connectivity index (χ1) is 11.4. The van der Waals surface area contributed by atoms with Crippen LogP contribution >= 0.6 is 0 Å². The third kappa shape index (κ3) is 3.42. The minimum absolute atomic E-state index is 0.0101. The lowest BCUT2D eigenvalue weighted by Crippen LogP contribution is -2.29. The van der Waals surface area contributed by atoms with Crippen LogP contribution in [-0.2, 0) is 6.42 Å². The first kappa shape index (κ1) is 16.5. The highest BCUT2D eigenvalue weighted by Crippen LogP contribution is 2.25. The number of likely N-dealkylation sites (tertiary alicyclic amines) is 1. The zero-order valence-corrected chi connectivity index (χ0v) is 14.1. The fourth-order valence-corrected chi connectivity index (χ4v) is 3.32. The lowest BCUT2D eigenvalue weighted by Gasteiger charge is -2.17. The standard InChI is InChI=1S/C20H22FNO2/c1-13-9-15(3-5-18(13)21)11-16-7-8-22(12-16)20(24)17-4-6-19(23)14(2)10-17/h3-6,9-10,16,23H,7-8,11-12H2,1-2H3. The number of benzene rings is 2. The lowest BCUT2D eigenvalue weighted by atomic mass is 9.97. The third-order valence-electron chi connectivity index (χ3n) is 4.76. The Balaban J connectivity index is 1.65. The molecule has 1 aliphatic rings. The molecule has 1 N–H and O–H groups in total. The topological polar surface area (TPSA) is 40.5 Å². The zero-order chi connectivity index (χ0) is 17.3. The predicted octanol–water partition coefficient (Wildman–Crippen LogP) is 3.85. The van der Waals surface area contributed by atoms with Crippen LogP contribution in [0.3, 0.4) is 0 Å². The van der Waals surface area contributed by atoms with Crippen molar-refractivity contribution in [3.05, 3.63) is 64.5 Å². The molecule has 0 radical (unpaired) electrons. The molecule has 1 atom stereocenters. The summed E-state index contributed by atoms with van der Waals surface area (Å²) in [4.78, 5) is 14.5. The van der Waals surface area contributed by atoms with Gasteiger partial charge in [0.2, 0.25) is 0 Å². The van der Waals surface area contributed by atoms with Crippen LogP contribution in [0.25, 0.3) is 0 Å². The zero-order valence-electron chi connectivity index (χ0n) is 14.1. The molecule has 1 saturated heterocycles. The number of hydrogen-bond donors (Lipinski definition) is 1. The summed E-state index contributed by atoms with van der Waals surface area (Å²) in [5, 5.41) is 9.59. The largest absolute Gasteiger partial charge is 0.508 e. The van der Waals surface area contributed by atoms with E-state index in [9.17, 15) is 14.3 Å². The van der Waals surface area contributed by atoms with Gasteiger partial charge in [0.25, 0.3) is 5.91 Å². The van der Waals surface area contributed by atoms with Gasteiger partial charge in [0.15, 0.2) is 0 Å². The molecule has 126 valence electrons. The minimum atomic E-state index is -0.176. The highest BCUT2D eigenvalue weighted by Gasteiger charge is 2.27. The Kier molecular flexibility index (Phi) is 4.56. The van der Waals surface area contributed by atoms with E-state index in [2.05, 4.69) is 0 Å². The van der Waals surface area contributed by atoms with Crippen LogP contribution < -0.4 is 0 Å². The van der Waals surface area contributed by atoms with Crippen molar-refractivity contribution in [2.24, 2.45) is 5.92 Å². The molecule has 2 aromatic rings. The van der Waals surface area contributed by atoms with Crippen molar-refractivity contribution >= 4 is 5.91 Å². The first-order valence-corrected chi connectivity index (χ1v) is 8.28. The fraction of sp³-hybridized carbons (Fsp3) is 0.350. The second-order valence-electron chi connectivity index (χ2n) is 6.69. The second-order valence-corrected chi connectivity index (χ2v) is 6.69. The molecule has 1 unspecified atom stereocenters. The highest BCUT2D eigenvalue weighted by atomic mass is 19.1. The number of amides is 1. The van der Waals surface area contributed by atoms with Crippen LogP contribution in [0.2, 0.25) is 0 Å². The van der Waals surface area contributed by atoms with Gasteiger partial charge in [-0.2, -0.15) is 0 Å². The van der Waals surface area contributed by atoms with Crippen molar-refractivity contribution < 1.29 is 14.3 Å². The smallest absolute Gasteiger partial charge is 0.253 e. The van der Waals surface area contributed by atoms with Crippen LogP contribution in [0.4, 0.5) is 4.39 Å². The molecule has 3 nitrogen and oxygen atoms in total. The molecule has 1 aliphatic heterocycles. The first-order valence-electron chi connectivity index (χ1n) is 8.28. The van der Waals surface area contributed by atoms with E-state index in [1.165, 1.54) is 6.07 Å². The van der Waals surface area contributed by atoms with Gasteiger partial charge in [0, 0.05) is 18.7 Å². The van der Waals surface area contributed by atoms with Crippen LogP contribution in [0.1, 0.15) is 33.5 Å². The summed E-state index contributed by atoms with van der Waals surface area (Å²) in [5.74, 6) is 0.440. The molecule has 0 bridgehead atoms. The molecule has 0 saturated carbocycles. The van der Waals surface area contributed by atoms with Gasteiger partial charge in [-0.05, 0) is 73.6 Å². The van der Waals surface area contributed by atoms with Crippen molar-refractivity contribution in [3.63, 3.8) is 0 Å². The number of carbonyl (C=O) groups excluding carboxylic acids is 1. The molecule has 0 spiro atoms. The Morgan fingerprint density at radius 3 is 2.71 bits per heavy atom. The summed E-state index contributed by atoms with van der Waals surface area (Å²) in [5.41, 5.74) is 3.11. The molecule has 1 amide bonds. The maximum Gasteiger partial charge on any atom is 0.253 e. The third-order valence-corrected chi connectivity index (χ3v) is 4.76. The van der Waals surface area contributed by atoms with E-state index in [0.717, 1.165) is 31.5 Å². The van der Waals surface area contributed by atoms with Gasteiger partial charge in [-0.1, -0.05) is 12.1 Å². The normalized spacial score (nSPS) is 17.3. The molecule has 2 aromatic carbocycles. The SMILES string of the molecule is Cc1cc(C(=O)N2CCC(Cc3ccc(F)c(C)c3)C2)ccc1O. The molecule has 4 heteroatoms. The number of hydrogen-bond acceptors (Lipinski definition) is 2. The van der Waals surface area contributed by atoms with Gasteiger partial charge in [0.05, 0.1) is 0 Å². The van der Waals surface area contributed by atoms with E-state index >= 15 is 0 Å². The Labute approximate surface area is 141 Å². The molecule has 0 aromatic heterocycles. The van der Waals surface area contributed by atoms with Gasteiger partial charge in [-0.3, -0.25) is 4.79 Å². The van der Waals surface area contributed by atoms with Crippen molar-refractivity contribution in [1.29, 1.82) is 0 Å². The van der Waals surface area contributed by atoms with E-state index in [1.54, 1.807) is 32.0 Å². The number of aryl methyl sites for hydroxylation is 2. The maximum absolute atomic E-state index is 13.4. The van der Waals surface area contributed by atoms with Crippen LogP contribution in [0, 0.1) is 25.6 Å². The molecule has 1 heterocycles. The minimum Gasteiger partial charge on any atom is -0.508 e. The Hall–Kier alpha value is -2.36. The highest BCUT2D eigenvalue weighted by molar-refractivity contribution is 5.94. The van der Waals surface area contributed by atoms with Gasteiger partial charge < -0.3 is 10.0 Å². The quantitative estimate of drug-likeness (QED) is 0.930. The van der Waals surface area contributed by atoms with Crippen LogP contribution in [-0.4, -0.2) is 29.0 Å². The van der Waals surface area contributed by atoms with Gasteiger partial charge in [-0.15, -0.1) is 0 Å². The number of rotatable bonds is 3. The van der Waals surface area contributed by atoms with E-state index in [0.29, 0.717) is 22.6 Å². The number of halogens is 1. The number of carbonyl (C=O) groups is 1. The number of aromatic hydroxyl groups is 1. The van der Waals surface area contributed by atoms with Crippen molar-refractivity contribution in [2.75, 3.05) is 13.1 Å². The molecular weight excluding hydrogens is 305 g/mol. The molecule has 24 heavy (non-hydrogen) atoms. The van der Waals surface area contributed by atoms with E-state index in [-0.39, 0.29) is 17.5 Å². The Bertz CT molecular complexity index is 772. The number of nitrogens with zero attached hydrogens (tertiary/aromatic N) is 1. The lowest BCUT2D eigenvalue weighted by molar-refractivity contribution is 0.0787. The summed E-state index contributed by atoms with van der Waals surface area (Å²) >= 11 is 0. The summed E-state index contributed by atoms with van der Waals surface area (Å²) in [6.45, 7) is 5.02.